The van der Waals surface area contributed by atoms with Crippen LogP contribution in [0.15, 0.2) is 60.5 Å². The van der Waals surface area contributed by atoms with Gasteiger partial charge in [-0.1, -0.05) is 25.6 Å². The van der Waals surface area contributed by atoms with E-state index in [1.165, 1.54) is 13.2 Å². The number of hydrogen-bond acceptors (Lipinski definition) is 6. The fraction of sp³-hybridized carbons (Fsp3) is 0.441. The molecule has 2 heterocycles. The van der Waals surface area contributed by atoms with E-state index in [2.05, 4.69) is 39.5 Å². The topological polar surface area (TPSA) is 63.2 Å². The first-order chi connectivity index (χ1) is 19.7. The minimum Gasteiger partial charge on any atom is -0.493 e. The van der Waals surface area contributed by atoms with Gasteiger partial charge in [-0.25, -0.2) is 4.39 Å². The molecule has 2 aliphatic heterocycles. The van der Waals surface area contributed by atoms with Crippen LogP contribution >= 0.6 is 0 Å². The first kappa shape index (κ1) is 28.9. The van der Waals surface area contributed by atoms with E-state index in [0.717, 1.165) is 59.6 Å². The van der Waals surface area contributed by atoms with E-state index in [-0.39, 0.29) is 23.7 Å². The second kappa shape index (κ2) is 12.1. The number of rotatable bonds is 8. The minimum atomic E-state index is -0.515. The summed E-state index contributed by atoms with van der Waals surface area (Å²) in [5.74, 6) is 1.39. The molecule has 218 valence electrons. The first-order valence-electron chi connectivity index (χ1n) is 14.2. The standard InChI is InChI=1S/C34H39FO6/c1-21-13-27(40-20-34(4)18-38-19-34)14-22(2)33(21)24-7-6-8-30(23(3)29(35)12-9-24)41-26-10-11-28-25(15-32(36)37-5)17-39-31(28)16-26/h9-14,16,25,30H,3,6-8,15,17-20H2,1-2,4-5H3/b24-9+,29-12+/t25-,30-/m1/s1. The first-order valence-corrected chi connectivity index (χ1v) is 14.2. The van der Waals surface area contributed by atoms with Crippen LogP contribution in [0.2, 0.25) is 0 Å². The summed E-state index contributed by atoms with van der Waals surface area (Å²) in [5.41, 5.74) is 5.75. The number of allylic oxidation sites excluding steroid dienone is 3. The Balaban J connectivity index is 1.27. The molecule has 0 unspecified atom stereocenters. The lowest BCUT2D eigenvalue weighted by Gasteiger charge is -2.37. The van der Waals surface area contributed by atoms with Crippen LogP contribution in [-0.4, -0.2) is 45.6 Å². The van der Waals surface area contributed by atoms with Crippen molar-refractivity contribution in [1.82, 2.24) is 0 Å². The molecule has 2 atom stereocenters. The molecular formula is C34H39FO6. The van der Waals surface area contributed by atoms with Crippen molar-refractivity contribution in [2.24, 2.45) is 5.41 Å². The van der Waals surface area contributed by atoms with Gasteiger partial charge in [0.15, 0.2) is 0 Å². The Morgan fingerprint density at radius 1 is 1.12 bits per heavy atom. The number of hydrogen-bond donors (Lipinski definition) is 0. The number of halogens is 1. The van der Waals surface area contributed by atoms with Crippen LogP contribution < -0.4 is 14.2 Å². The molecule has 3 aliphatic rings. The number of fused-ring (bicyclic) bond motifs is 1. The van der Waals surface area contributed by atoms with Crippen molar-refractivity contribution >= 4 is 11.5 Å². The van der Waals surface area contributed by atoms with Crippen molar-refractivity contribution in [2.45, 2.75) is 58.5 Å². The van der Waals surface area contributed by atoms with E-state index in [0.29, 0.717) is 36.7 Å². The molecule has 1 saturated heterocycles. The number of esters is 1. The molecule has 6 nitrogen and oxygen atoms in total. The Morgan fingerprint density at radius 3 is 2.56 bits per heavy atom. The molecular weight excluding hydrogens is 523 g/mol. The monoisotopic (exact) mass is 562 g/mol. The summed E-state index contributed by atoms with van der Waals surface area (Å²) in [5, 5.41) is 0. The number of carbonyl (C=O) groups is 1. The van der Waals surface area contributed by atoms with Crippen LogP contribution in [0.3, 0.4) is 0 Å². The summed E-state index contributed by atoms with van der Waals surface area (Å²) in [6.45, 7) is 12.8. The fourth-order valence-electron chi connectivity index (χ4n) is 5.76. The van der Waals surface area contributed by atoms with Gasteiger partial charge in [-0.05, 0) is 79.6 Å². The molecule has 0 aromatic heterocycles. The summed E-state index contributed by atoms with van der Waals surface area (Å²) < 4.78 is 43.7. The molecule has 0 saturated carbocycles. The van der Waals surface area contributed by atoms with Crippen molar-refractivity contribution in [1.29, 1.82) is 0 Å². The van der Waals surface area contributed by atoms with Crippen molar-refractivity contribution in [2.75, 3.05) is 33.5 Å². The minimum absolute atomic E-state index is 0.0515. The van der Waals surface area contributed by atoms with E-state index in [1.807, 2.05) is 24.3 Å². The average Bonchev–Trinajstić information content (AvgIpc) is 3.34. The number of benzene rings is 2. The second-order valence-corrected chi connectivity index (χ2v) is 11.7. The van der Waals surface area contributed by atoms with E-state index < -0.39 is 11.9 Å². The SMILES string of the molecule is C=C1/C(F)=C\C=C(\c2c(C)cc(OCC3(C)COC3)cc2C)CCC[C@H]1Oc1ccc2c(c1)OC[C@H]2CC(=O)OC. The van der Waals surface area contributed by atoms with Gasteiger partial charge in [-0.15, -0.1) is 0 Å². The van der Waals surface area contributed by atoms with E-state index in [4.69, 9.17) is 23.7 Å². The fourth-order valence-corrected chi connectivity index (χ4v) is 5.76. The van der Waals surface area contributed by atoms with E-state index in [1.54, 1.807) is 0 Å². The highest BCUT2D eigenvalue weighted by molar-refractivity contribution is 5.73. The Morgan fingerprint density at radius 2 is 1.88 bits per heavy atom. The number of aryl methyl sites for hydroxylation is 2. The van der Waals surface area contributed by atoms with Crippen LogP contribution in [0.5, 0.6) is 17.2 Å². The van der Waals surface area contributed by atoms with Gasteiger partial charge in [0.2, 0.25) is 0 Å². The average molecular weight is 563 g/mol. The third kappa shape index (κ3) is 6.51. The Labute approximate surface area is 241 Å². The largest absolute Gasteiger partial charge is 0.493 e. The van der Waals surface area contributed by atoms with Gasteiger partial charge < -0.3 is 23.7 Å². The third-order valence-corrected chi connectivity index (χ3v) is 8.14. The second-order valence-electron chi connectivity index (χ2n) is 11.7. The van der Waals surface area contributed by atoms with Gasteiger partial charge in [0.25, 0.3) is 0 Å². The highest BCUT2D eigenvalue weighted by Gasteiger charge is 2.34. The molecule has 7 heteroatoms. The zero-order valence-corrected chi connectivity index (χ0v) is 24.4. The van der Waals surface area contributed by atoms with Gasteiger partial charge in [0.05, 0.1) is 40.0 Å². The van der Waals surface area contributed by atoms with Crippen molar-refractivity contribution in [3.8, 4) is 17.2 Å². The van der Waals surface area contributed by atoms with Crippen LogP contribution in [0.25, 0.3) is 5.57 Å². The maximum Gasteiger partial charge on any atom is 0.306 e. The van der Waals surface area contributed by atoms with E-state index in [9.17, 15) is 4.79 Å². The summed E-state index contributed by atoms with van der Waals surface area (Å²) in [4.78, 5) is 11.7. The van der Waals surface area contributed by atoms with Crippen molar-refractivity contribution < 1.29 is 32.9 Å². The van der Waals surface area contributed by atoms with Crippen LogP contribution in [0, 0.1) is 19.3 Å². The summed E-state index contributed by atoms with van der Waals surface area (Å²) in [6, 6.07) is 9.70. The van der Waals surface area contributed by atoms with Gasteiger partial charge in [-0.2, -0.15) is 0 Å². The maximum absolute atomic E-state index is 15.3. The number of carbonyl (C=O) groups excluding carboxylic acids is 1. The predicted octanol–water partition coefficient (Wildman–Crippen LogP) is 7.18. The molecule has 2 aromatic carbocycles. The Hall–Kier alpha value is -3.58. The zero-order chi connectivity index (χ0) is 29.1. The normalized spacial score (nSPS) is 24.2. The van der Waals surface area contributed by atoms with Crippen LogP contribution in [-0.2, 0) is 14.3 Å². The lowest BCUT2D eigenvalue weighted by molar-refractivity contribution is -0.141. The Kier molecular flexibility index (Phi) is 8.55. The molecule has 0 N–H and O–H groups in total. The maximum atomic E-state index is 15.3. The molecule has 0 bridgehead atoms. The molecule has 1 aliphatic carbocycles. The Bertz CT molecular complexity index is 1360. The van der Waals surface area contributed by atoms with Gasteiger partial charge in [-0.3, -0.25) is 4.79 Å². The van der Waals surface area contributed by atoms with E-state index >= 15 is 4.39 Å². The molecule has 5 rings (SSSR count). The lowest BCUT2D eigenvalue weighted by Crippen LogP contribution is -2.44. The van der Waals surface area contributed by atoms with Crippen molar-refractivity contribution in [3.63, 3.8) is 0 Å². The molecule has 41 heavy (non-hydrogen) atoms. The molecule has 0 spiro atoms. The molecule has 0 radical (unpaired) electrons. The highest BCUT2D eigenvalue weighted by atomic mass is 19.1. The number of ether oxygens (including phenoxy) is 5. The molecule has 1 fully saturated rings. The smallest absolute Gasteiger partial charge is 0.306 e. The summed E-state index contributed by atoms with van der Waals surface area (Å²) in [6.07, 6.45) is 5.31. The molecule has 0 amide bonds. The summed E-state index contributed by atoms with van der Waals surface area (Å²) in [7, 11) is 1.38. The number of methoxy groups -OCH3 is 1. The summed E-state index contributed by atoms with van der Waals surface area (Å²) >= 11 is 0. The van der Waals surface area contributed by atoms with Crippen LogP contribution in [0.4, 0.5) is 4.39 Å². The zero-order valence-electron chi connectivity index (χ0n) is 24.4. The van der Waals surface area contributed by atoms with Crippen molar-refractivity contribution in [3.05, 3.63) is 82.7 Å². The highest BCUT2D eigenvalue weighted by Crippen LogP contribution is 2.40. The predicted molar refractivity (Wildman–Crippen MR) is 156 cm³/mol. The molecule has 2 aromatic rings. The van der Waals surface area contributed by atoms with Crippen LogP contribution in [0.1, 0.15) is 60.8 Å². The lowest BCUT2D eigenvalue weighted by atomic mass is 9.89. The van der Waals surface area contributed by atoms with Gasteiger partial charge in [0.1, 0.15) is 29.2 Å². The quantitative estimate of drug-likeness (QED) is 0.318. The van der Waals surface area contributed by atoms with Gasteiger partial charge in [0, 0.05) is 28.5 Å². The van der Waals surface area contributed by atoms with Gasteiger partial charge >= 0.3 is 5.97 Å². The third-order valence-electron chi connectivity index (χ3n) is 8.14.